The quantitative estimate of drug-likeness (QED) is 0.901. The van der Waals surface area contributed by atoms with Crippen molar-refractivity contribution in [3.8, 4) is 5.75 Å². The van der Waals surface area contributed by atoms with Gasteiger partial charge in [-0.1, -0.05) is 11.6 Å². The Hall–Kier alpha value is -1.59. The van der Waals surface area contributed by atoms with Gasteiger partial charge in [-0.05, 0) is 18.2 Å². The first-order valence-electron chi connectivity index (χ1n) is 7.00. The first kappa shape index (κ1) is 14.4. The molecule has 6 heteroatoms. The molecule has 0 saturated carbocycles. The molecule has 2 N–H and O–H groups in total. The molecule has 1 saturated heterocycles. The molecule has 0 radical (unpaired) electrons. The van der Waals surface area contributed by atoms with E-state index in [2.05, 4.69) is 0 Å². The molecule has 0 atom stereocenters. The summed E-state index contributed by atoms with van der Waals surface area (Å²) in [6.07, 6.45) is 1.80. The largest absolute Gasteiger partial charge is 0.486 e. The number of nitrogens with two attached hydrogens (primary N) is 1. The molecule has 1 aromatic carbocycles. The van der Waals surface area contributed by atoms with Crippen LogP contribution < -0.4 is 10.5 Å². The molecule has 5 nitrogen and oxygen atoms in total. The molecule has 2 aliphatic heterocycles. The van der Waals surface area contributed by atoms with Crippen molar-refractivity contribution in [1.29, 1.82) is 0 Å². The zero-order valence-electron chi connectivity index (χ0n) is 11.6. The molecule has 0 aromatic heterocycles. The summed E-state index contributed by atoms with van der Waals surface area (Å²) in [5.74, 6) is 0.354. The number of carbonyl (C=O) groups is 2. The number of piperidine rings is 1. The lowest BCUT2D eigenvalue weighted by Gasteiger charge is -2.43. The van der Waals surface area contributed by atoms with Crippen molar-refractivity contribution in [2.45, 2.75) is 24.9 Å². The summed E-state index contributed by atoms with van der Waals surface area (Å²) in [5, 5.41) is 0.540. The lowest BCUT2D eigenvalue weighted by atomic mass is 9.82. The number of ether oxygens (including phenoxy) is 1. The summed E-state index contributed by atoms with van der Waals surface area (Å²) in [6.45, 7) is 1.68. The van der Waals surface area contributed by atoms with Crippen LogP contribution in [0, 0.1) is 0 Å². The number of Topliss-reactive ketones (excluding diaryl/α,β-unsaturated/α-hetero) is 1. The maximum atomic E-state index is 12.3. The molecule has 1 aromatic rings. The van der Waals surface area contributed by atoms with E-state index in [4.69, 9.17) is 22.1 Å². The van der Waals surface area contributed by atoms with E-state index < -0.39 is 5.60 Å². The molecule has 3 rings (SSSR count). The predicted molar refractivity (Wildman–Crippen MR) is 78.6 cm³/mol. The zero-order chi connectivity index (χ0) is 15.0. The van der Waals surface area contributed by atoms with Crippen LogP contribution in [-0.4, -0.2) is 41.8 Å². The predicted octanol–water partition coefficient (Wildman–Crippen LogP) is 1.63. The van der Waals surface area contributed by atoms with Gasteiger partial charge in [-0.2, -0.15) is 0 Å². The molecule has 1 amide bonds. The van der Waals surface area contributed by atoms with E-state index in [0.29, 0.717) is 48.7 Å². The molecule has 112 valence electrons. The number of ketones is 1. The van der Waals surface area contributed by atoms with Crippen LogP contribution in [0.4, 0.5) is 0 Å². The van der Waals surface area contributed by atoms with Gasteiger partial charge < -0.3 is 10.5 Å². The number of fused-ring (bicyclic) bond motifs is 1. The summed E-state index contributed by atoms with van der Waals surface area (Å²) < 4.78 is 6.12. The van der Waals surface area contributed by atoms with E-state index in [0.717, 1.165) is 0 Å². The fourth-order valence-corrected chi connectivity index (χ4v) is 3.26. The van der Waals surface area contributed by atoms with Crippen LogP contribution in [0.15, 0.2) is 18.2 Å². The van der Waals surface area contributed by atoms with Gasteiger partial charge >= 0.3 is 0 Å². The molecular formula is C15H17ClN2O3. The van der Waals surface area contributed by atoms with E-state index in [9.17, 15) is 9.59 Å². The number of hydrogen-bond acceptors (Lipinski definition) is 4. The number of primary amides is 1. The van der Waals surface area contributed by atoms with Gasteiger partial charge in [-0.3, -0.25) is 14.5 Å². The Bertz CT molecular complexity index is 595. The lowest BCUT2D eigenvalue weighted by Crippen LogP contribution is -2.52. The Labute approximate surface area is 128 Å². The molecule has 2 aliphatic rings. The third-order valence-corrected chi connectivity index (χ3v) is 4.43. The summed E-state index contributed by atoms with van der Waals surface area (Å²) in [7, 11) is 0. The van der Waals surface area contributed by atoms with Crippen molar-refractivity contribution in [3.63, 3.8) is 0 Å². The lowest BCUT2D eigenvalue weighted by molar-refractivity contribution is -0.120. The van der Waals surface area contributed by atoms with E-state index in [1.165, 1.54) is 0 Å². The highest BCUT2D eigenvalue weighted by molar-refractivity contribution is 6.31. The van der Waals surface area contributed by atoms with Crippen LogP contribution in [0.3, 0.4) is 0 Å². The first-order valence-corrected chi connectivity index (χ1v) is 7.38. The first-order chi connectivity index (χ1) is 9.97. The van der Waals surface area contributed by atoms with E-state index in [1.54, 1.807) is 18.2 Å². The van der Waals surface area contributed by atoms with Crippen molar-refractivity contribution in [3.05, 3.63) is 28.8 Å². The van der Waals surface area contributed by atoms with Crippen molar-refractivity contribution < 1.29 is 14.3 Å². The van der Waals surface area contributed by atoms with Gasteiger partial charge in [-0.15, -0.1) is 0 Å². The van der Waals surface area contributed by atoms with Crippen LogP contribution in [0.1, 0.15) is 29.6 Å². The number of halogens is 1. The van der Waals surface area contributed by atoms with Crippen molar-refractivity contribution in [2.75, 3.05) is 19.6 Å². The van der Waals surface area contributed by atoms with Gasteiger partial charge in [-0.25, -0.2) is 0 Å². The van der Waals surface area contributed by atoms with Gasteiger partial charge in [0.15, 0.2) is 5.78 Å². The highest BCUT2D eigenvalue weighted by atomic mass is 35.5. The van der Waals surface area contributed by atoms with Crippen LogP contribution >= 0.6 is 11.6 Å². The highest BCUT2D eigenvalue weighted by Gasteiger charge is 2.43. The molecule has 0 unspecified atom stereocenters. The van der Waals surface area contributed by atoms with Crippen molar-refractivity contribution >= 4 is 23.3 Å². The second kappa shape index (κ2) is 5.31. The fraction of sp³-hybridized carbons (Fsp3) is 0.467. The smallest absolute Gasteiger partial charge is 0.231 e. The summed E-state index contributed by atoms with van der Waals surface area (Å²) in [4.78, 5) is 25.3. The van der Waals surface area contributed by atoms with Crippen molar-refractivity contribution in [1.82, 2.24) is 4.90 Å². The SMILES string of the molecule is NC(=O)CN1CCC2(CC1)CC(=O)c1cc(Cl)ccc1O2. The number of nitrogens with zero attached hydrogens (tertiary/aromatic N) is 1. The minimum Gasteiger partial charge on any atom is -0.486 e. The van der Waals surface area contributed by atoms with Gasteiger partial charge in [0.1, 0.15) is 11.4 Å². The topological polar surface area (TPSA) is 72.6 Å². The van der Waals surface area contributed by atoms with E-state index in [1.807, 2.05) is 4.90 Å². The number of amides is 1. The van der Waals surface area contributed by atoms with Gasteiger partial charge in [0, 0.05) is 31.0 Å². The monoisotopic (exact) mass is 308 g/mol. The molecule has 1 spiro atoms. The number of rotatable bonds is 2. The van der Waals surface area contributed by atoms with Gasteiger partial charge in [0.2, 0.25) is 5.91 Å². The number of hydrogen-bond donors (Lipinski definition) is 1. The standard InChI is InChI=1S/C15H17ClN2O3/c16-10-1-2-13-11(7-10)12(19)8-15(21-13)3-5-18(6-4-15)9-14(17)20/h1-2,7H,3-6,8-9H2,(H2,17,20). The van der Waals surface area contributed by atoms with E-state index >= 15 is 0 Å². The maximum Gasteiger partial charge on any atom is 0.231 e. The van der Waals surface area contributed by atoms with E-state index in [-0.39, 0.29) is 18.2 Å². The van der Waals surface area contributed by atoms with Crippen LogP contribution in [-0.2, 0) is 4.79 Å². The Balaban J connectivity index is 1.76. The minimum atomic E-state index is -0.452. The second-order valence-corrected chi connectivity index (χ2v) is 6.20. The number of likely N-dealkylation sites (tertiary alicyclic amines) is 1. The van der Waals surface area contributed by atoms with Gasteiger partial charge in [0.05, 0.1) is 18.5 Å². The average molecular weight is 309 g/mol. The van der Waals surface area contributed by atoms with Crippen LogP contribution in [0.5, 0.6) is 5.75 Å². The molecule has 0 aliphatic carbocycles. The summed E-state index contributed by atoms with van der Waals surface area (Å²) >= 11 is 5.93. The number of benzene rings is 1. The van der Waals surface area contributed by atoms with Crippen LogP contribution in [0.25, 0.3) is 0 Å². The normalized spacial score (nSPS) is 20.9. The summed E-state index contributed by atoms with van der Waals surface area (Å²) in [6, 6.07) is 5.15. The van der Waals surface area contributed by atoms with Crippen molar-refractivity contribution in [2.24, 2.45) is 5.73 Å². The number of carbonyl (C=O) groups excluding carboxylic acids is 2. The molecule has 0 bridgehead atoms. The molecule has 1 fully saturated rings. The van der Waals surface area contributed by atoms with Crippen LogP contribution in [0.2, 0.25) is 5.02 Å². The zero-order valence-corrected chi connectivity index (χ0v) is 12.4. The van der Waals surface area contributed by atoms with Gasteiger partial charge in [0.25, 0.3) is 0 Å². The minimum absolute atomic E-state index is 0.0714. The Kier molecular flexibility index (Phi) is 3.63. The average Bonchev–Trinajstić information content (AvgIpc) is 2.42. The molecular weight excluding hydrogens is 292 g/mol. The summed E-state index contributed by atoms with van der Waals surface area (Å²) in [5.41, 5.74) is 5.32. The Morgan fingerprint density at radius 1 is 1.38 bits per heavy atom. The highest BCUT2D eigenvalue weighted by Crippen LogP contribution is 2.40. The fourth-order valence-electron chi connectivity index (χ4n) is 3.08. The second-order valence-electron chi connectivity index (χ2n) is 5.77. The Morgan fingerprint density at radius 3 is 2.76 bits per heavy atom. The molecule has 2 heterocycles. The Morgan fingerprint density at radius 2 is 2.10 bits per heavy atom. The third kappa shape index (κ3) is 2.89. The maximum absolute atomic E-state index is 12.3. The molecule has 21 heavy (non-hydrogen) atoms. The third-order valence-electron chi connectivity index (χ3n) is 4.20.